The lowest BCUT2D eigenvalue weighted by Gasteiger charge is -2.58. The second-order valence-electron chi connectivity index (χ2n) is 10.1. The first-order chi connectivity index (χ1) is 11.4. The molecule has 4 rings (SSSR count). The molecule has 3 saturated carbocycles. The molecule has 0 spiro atoms. The highest BCUT2D eigenvalue weighted by Crippen LogP contribution is 2.67. The van der Waals surface area contributed by atoms with Gasteiger partial charge >= 0.3 is 0 Å². The van der Waals surface area contributed by atoms with Crippen molar-refractivity contribution in [1.82, 2.24) is 0 Å². The molecule has 134 valence electrons. The zero-order valence-electron chi connectivity index (χ0n) is 16.0. The summed E-state index contributed by atoms with van der Waals surface area (Å²) in [4.78, 5) is 0. The molecule has 0 radical (unpaired) electrons. The van der Waals surface area contributed by atoms with Crippen LogP contribution in [0.5, 0.6) is 0 Å². The summed E-state index contributed by atoms with van der Waals surface area (Å²) < 4.78 is 0. The van der Waals surface area contributed by atoms with Gasteiger partial charge in [0.05, 0.1) is 0 Å². The van der Waals surface area contributed by atoms with Gasteiger partial charge in [-0.05, 0) is 98.7 Å². The van der Waals surface area contributed by atoms with Gasteiger partial charge in [-0.2, -0.15) is 0 Å². The molecule has 4 aliphatic rings. The molecule has 0 aromatic rings. The summed E-state index contributed by atoms with van der Waals surface area (Å²) in [5.74, 6) is 3.97. The van der Waals surface area contributed by atoms with E-state index in [2.05, 4.69) is 33.4 Å². The average molecular weight is 329 g/mol. The Hall–Kier alpha value is -0.560. The van der Waals surface area contributed by atoms with Gasteiger partial charge in [-0.1, -0.05) is 37.6 Å². The molecule has 7 atom stereocenters. The van der Waals surface area contributed by atoms with E-state index in [1.807, 2.05) is 0 Å². The predicted molar refractivity (Wildman–Crippen MR) is 101 cm³/mol. The number of aliphatic hydroxyl groups excluding tert-OH is 1. The van der Waals surface area contributed by atoms with Crippen LogP contribution in [-0.4, -0.2) is 11.7 Å². The first-order valence-electron chi connectivity index (χ1n) is 10.4. The molecule has 24 heavy (non-hydrogen) atoms. The van der Waals surface area contributed by atoms with Crippen LogP contribution in [0.3, 0.4) is 0 Å². The van der Waals surface area contributed by atoms with Gasteiger partial charge in [0.15, 0.2) is 0 Å². The van der Waals surface area contributed by atoms with Gasteiger partial charge in [0.1, 0.15) is 0 Å². The number of hydrogen-bond donors (Lipinski definition) is 1. The standard InChI is InChI=1S/C23H36O/c1-15(2)19-7-8-20-18-6-5-17-13-16(14-24)9-11-22(17,3)21(18)10-12-23(19,20)4/h5,16,18-21,24H,1,6-14H2,2-4H3/t16-,18?,19+,20?,21?,22-,23+/m0/s1. The fraction of sp³-hybridized carbons (Fsp3) is 0.826. The molecule has 0 aromatic carbocycles. The zero-order chi connectivity index (χ0) is 17.1. The molecule has 1 nitrogen and oxygen atoms in total. The lowest BCUT2D eigenvalue weighted by atomic mass is 9.47. The molecule has 0 aromatic heterocycles. The Morgan fingerprint density at radius 1 is 1.17 bits per heavy atom. The van der Waals surface area contributed by atoms with E-state index in [1.54, 1.807) is 5.57 Å². The minimum absolute atomic E-state index is 0.377. The molecule has 0 heterocycles. The maximum absolute atomic E-state index is 9.60. The second kappa shape index (κ2) is 5.73. The summed E-state index contributed by atoms with van der Waals surface area (Å²) in [6, 6.07) is 0. The van der Waals surface area contributed by atoms with Crippen molar-refractivity contribution in [2.75, 3.05) is 6.61 Å². The van der Waals surface area contributed by atoms with E-state index in [9.17, 15) is 5.11 Å². The van der Waals surface area contributed by atoms with Gasteiger partial charge in [-0.25, -0.2) is 0 Å². The third-order valence-electron chi connectivity index (χ3n) is 9.06. The minimum Gasteiger partial charge on any atom is -0.396 e. The summed E-state index contributed by atoms with van der Waals surface area (Å²) in [7, 11) is 0. The maximum Gasteiger partial charge on any atom is 0.0462 e. The summed E-state index contributed by atoms with van der Waals surface area (Å²) in [5.41, 5.74) is 4.07. The fourth-order valence-electron chi connectivity index (χ4n) is 7.70. The Kier molecular flexibility index (Phi) is 4.03. The van der Waals surface area contributed by atoms with Crippen LogP contribution in [0, 0.1) is 40.4 Å². The molecule has 1 heteroatoms. The average Bonchev–Trinajstić information content (AvgIpc) is 2.91. The molecule has 4 aliphatic carbocycles. The van der Waals surface area contributed by atoms with Gasteiger partial charge < -0.3 is 5.11 Å². The number of allylic oxidation sites excluding steroid dienone is 3. The van der Waals surface area contributed by atoms with Crippen molar-refractivity contribution < 1.29 is 5.11 Å². The Morgan fingerprint density at radius 3 is 2.67 bits per heavy atom. The van der Waals surface area contributed by atoms with E-state index in [0.29, 0.717) is 23.4 Å². The number of fused-ring (bicyclic) bond motifs is 5. The predicted octanol–water partition coefficient (Wildman–Crippen LogP) is 5.75. The van der Waals surface area contributed by atoms with Gasteiger partial charge in [0, 0.05) is 6.61 Å². The van der Waals surface area contributed by atoms with Crippen LogP contribution in [-0.2, 0) is 0 Å². The molecule has 1 N–H and O–H groups in total. The Morgan fingerprint density at radius 2 is 1.96 bits per heavy atom. The van der Waals surface area contributed by atoms with Crippen LogP contribution in [0.25, 0.3) is 0 Å². The SMILES string of the molecule is C=C(C)[C@H]1CCC2C3CC=C4C[C@@H](CO)CC[C@]4(C)C3CC[C@@]21C. The van der Waals surface area contributed by atoms with Crippen LogP contribution >= 0.6 is 0 Å². The molecule has 0 saturated heterocycles. The van der Waals surface area contributed by atoms with Crippen molar-refractivity contribution >= 4 is 0 Å². The van der Waals surface area contributed by atoms with Gasteiger partial charge in [-0.15, -0.1) is 0 Å². The summed E-state index contributed by atoms with van der Waals surface area (Å²) >= 11 is 0. The number of hydrogen-bond acceptors (Lipinski definition) is 1. The number of aliphatic hydroxyl groups is 1. The Balaban J connectivity index is 1.63. The second-order valence-corrected chi connectivity index (χ2v) is 10.1. The van der Waals surface area contributed by atoms with Crippen molar-refractivity contribution in [3.05, 3.63) is 23.8 Å². The lowest BCUT2D eigenvalue weighted by Crippen LogP contribution is -2.50. The smallest absolute Gasteiger partial charge is 0.0462 e. The van der Waals surface area contributed by atoms with Crippen molar-refractivity contribution in [2.24, 2.45) is 40.4 Å². The van der Waals surface area contributed by atoms with Crippen LogP contribution in [0.1, 0.15) is 72.1 Å². The van der Waals surface area contributed by atoms with Gasteiger partial charge in [0.25, 0.3) is 0 Å². The summed E-state index contributed by atoms with van der Waals surface area (Å²) in [6.07, 6.45) is 13.2. The maximum atomic E-state index is 9.60. The van der Waals surface area contributed by atoms with E-state index in [1.165, 1.54) is 50.5 Å². The highest BCUT2D eigenvalue weighted by Gasteiger charge is 2.58. The van der Waals surface area contributed by atoms with Crippen molar-refractivity contribution in [3.63, 3.8) is 0 Å². The number of rotatable bonds is 2. The fourth-order valence-corrected chi connectivity index (χ4v) is 7.70. The molecule has 3 unspecified atom stereocenters. The largest absolute Gasteiger partial charge is 0.396 e. The highest BCUT2D eigenvalue weighted by atomic mass is 16.3. The molecule has 0 bridgehead atoms. The zero-order valence-corrected chi connectivity index (χ0v) is 16.0. The van der Waals surface area contributed by atoms with E-state index in [4.69, 9.17) is 0 Å². The summed E-state index contributed by atoms with van der Waals surface area (Å²) in [5, 5.41) is 9.60. The third kappa shape index (κ3) is 2.23. The minimum atomic E-state index is 0.377. The van der Waals surface area contributed by atoms with Gasteiger partial charge in [-0.3, -0.25) is 0 Å². The molecular weight excluding hydrogens is 292 g/mol. The first kappa shape index (κ1) is 16.9. The van der Waals surface area contributed by atoms with Crippen LogP contribution in [0.15, 0.2) is 23.8 Å². The molecular formula is C23H36O. The van der Waals surface area contributed by atoms with Crippen molar-refractivity contribution in [1.29, 1.82) is 0 Å². The van der Waals surface area contributed by atoms with Crippen LogP contribution < -0.4 is 0 Å². The Labute approximate surface area is 148 Å². The van der Waals surface area contributed by atoms with E-state index < -0.39 is 0 Å². The highest BCUT2D eigenvalue weighted by molar-refractivity contribution is 5.26. The van der Waals surface area contributed by atoms with E-state index >= 15 is 0 Å². The van der Waals surface area contributed by atoms with Crippen LogP contribution in [0.2, 0.25) is 0 Å². The van der Waals surface area contributed by atoms with Crippen molar-refractivity contribution in [2.45, 2.75) is 72.1 Å². The Bertz CT molecular complexity index is 560. The monoisotopic (exact) mass is 328 g/mol. The lowest BCUT2D eigenvalue weighted by molar-refractivity contribution is -0.0410. The molecule has 3 fully saturated rings. The molecule has 0 amide bonds. The third-order valence-corrected chi connectivity index (χ3v) is 9.06. The van der Waals surface area contributed by atoms with E-state index in [0.717, 1.165) is 30.1 Å². The van der Waals surface area contributed by atoms with Crippen LogP contribution in [0.4, 0.5) is 0 Å². The topological polar surface area (TPSA) is 20.2 Å². The van der Waals surface area contributed by atoms with E-state index in [-0.39, 0.29) is 0 Å². The first-order valence-corrected chi connectivity index (χ1v) is 10.4. The quantitative estimate of drug-likeness (QED) is 0.640. The normalized spacial score (nSPS) is 50.5. The van der Waals surface area contributed by atoms with Crippen molar-refractivity contribution in [3.8, 4) is 0 Å². The van der Waals surface area contributed by atoms with Gasteiger partial charge in [0.2, 0.25) is 0 Å². The molecule has 0 aliphatic heterocycles. The summed E-state index contributed by atoms with van der Waals surface area (Å²) in [6.45, 7) is 12.1.